The largest absolute Gasteiger partial charge is 0.345 e. The van der Waals surface area contributed by atoms with Gasteiger partial charge >= 0.3 is 0 Å². The Kier molecular flexibility index (Phi) is 5.38. The predicted molar refractivity (Wildman–Crippen MR) is 103 cm³/mol. The Morgan fingerprint density at radius 3 is 2.41 bits per heavy atom. The normalized spacial score (nSPS) is 11.1. The molecule has 1 amide bonds. The van der Waals surface area contributed by atoms with E-state index in [1.54, 1.807) is 41.9 Å². The minimum atomic E-state index is -3.72. The van der Waals surface area contributed by atoms with E-state index in [1.807, 2.05) is 0 Å². The lowest BCUT2D eigenvalue weighted by atomic mass is 10.2. The van der Waals surface area contributed by atoms with E-state index in [0.29, 0.717) is 21.8 Å². The molecule has 0 spiro atoms. The summed E-state index contributed by atoms with van der Waals surface area (Å²) in [4.78, 5) is 12.3. The monoisotopic (exact) mass is 403 g/mol. The summed E-state index contributed by atoms with van der Waals surface area (Å²) in [6.07, 6.45) is 0. The maximum absolute atomic E-state index is 12.4. The van der Waals surface area contributed by atoms with Gasteiger partial charge in [0.2, 0.25) is 0 Å². The molecule has 0 aliphatic heterocycles. The number of carbonyl (C=O) groups excluding carboxylic acids is 1. The van der Waals surface area contributed by atoms with Crippen LogP contribution < -0.4 is 10.0 Å². The van der Waals surface area contributed by atoms with Crippen molar-refractivity contribution in [3.63, 3.8) is 0 Å². The standard InChI is InChI=1S/C17H17N5O3S2/c1-22-15(19-20-17(22)26)11-18-16(23)12-7-9-14(10-8-12)27(24,25)21-13-5-3-2-4-6-13/h2-10,21H,11H2,1H3,(H,18,23)(H,20,26). The van der Waals surface area contributed by atoms with E-state index in [9.17, 15) is 13.2 Å². The number of nitrogens with one attached hydrogen (secondary N) is 3. The highest BCUT2D eigenvalue weighted by Crippen LogP contribution is 2.16. The molecule has 0 bridgehead atoms. The molecule has 3 N–H and O–H groups in total. The molecule has 0 unspecified atom stereocenters. The van der Waals surface area contributed by atoms with Gasteiger partial charge in [-0.15, -0.1) is 0 Å². The Morgan fingerprint density at radius 1 is 1.15 bits per heavy atom. The second-order valence-corrected chi connectivity index (χ2v) is 7.75. The maximum Gasteiger partial charge on any atom is 0.261 e. The lowest BCUT2D eigenvalue weighted by molar-refractivity contribution is 0.0949. The molecule has 0 aliphatic carbocycles. The number of para-hydroxylation sites is 1. The van der Waals surface area contributed by atoms with Crippen molar-refractivity contribution in [1.82, 2.24) is 20.1 Å². The molecule has 2 aromatic carbocycles. The number of H-pyrrole nitrogens is 1. The van der Waals surface area contributed by atoms with Crippen LogP contribution in [-0.4, -0.2) is 29.1 Å². The van der Waals surface area contributed by atoms with E-state index in [4.69, 9.17) is 12.2 Å². The number of aromatic amines is 1. The zero-order valence-electron chi connectivity index (χ0n) is 14.3. The van der Waals surface area contributed by atoms with Crippen LogP contribution in [0.5, 0.6) is 0 Å². The van der Waals surface area contributed by atoms with Crippen molar-refractivity contribution < 1.29 is 13.2 Å². The minimum absolute atomic E-state index is 0.0670. The van der Waals surface area contributed by atoms with Crippen molar-refractivity contribution in [2.75, 3.05) is 4.72 Å². The van der Waals surface area contributed by atoms with Crippen LogP contribution in [0.15, 0.2) is 59.5 Å². The van der Waals surface area contributed by atoms with Crippen molar-refractivity contribution in [3.8, 4) is 0 Å². The van der Waals surface area contributed by atoms with Crippen LogP contribution in [0.4, 0.5) is 5.69 Å². The van der Waals surface area contributed by atoms with Crippen LogP contribution in [-0.2, 0) is 23.6 Å². The van der Waals surface area contributed by atoms with Crippen LogP contribution in [0.3, 0.4) is 0 Å². The van der Waals surface area contributed by atoms with Crippen LogP contribution >= 0.6 is 12.2 Å². The van der Waals surface area contributed by atoms with Gasteiger partial charge in [0.05, 0.1) is 11.4 Å². The molecular weight excluding hydrogens is 386 g/mol. The van der Waals surface area contributed by atoms with Crippen LogP contribution in [0.1, 0.15) is 16.2 Å². The van der Waals surface area contributed by atoms with Crippen molar-refractivity contribution in [2.24, 2.45) is 7.05 Å². The van der Waals surface area contributed by atoms with E-state index >= 15 is 0 Å². The quantitative estimate of drug-likeness (QED) is 0.547. The molecule has 0 atom stereocenters. The van der Waals surface area contributed by atoms with Gasteiger partial charge in [-0.3, -0.25) is 14.6 Å². The van der Waals surface area contributed by atoms with Gasteiger partial charge in [0.1, 0.15) is 0 Å². The summed E-state index contributed by atoms with van der Waals surface area (Å²) in [5.74, 6) is 0.239. The van der Waals surface area contributed by atoms with Gasteiger partial charge < -0.3 is 9.88 Å². The summed E-state index contributed by atoms with van der Waals surface area (Å²) in [7, 11) is -1.98. The van der Waals surface area contributed by atoms with Crippen molar-refractivity contribution in [3.05, 3.63) is 70.8 Å². The number of anilines is 1. The molecule has 0 fully saturated rings. The molecule has 0 saturated carbocycles. The lowest BCUT2D eigenvalue weighted by Crippen LogP contribution is -2.24. The molecule has 0 radical (unpaired) electrons. The fraction of sp³-hybridized carbons (Fsp3) is 0.118. The van der Waals surface area contributed by atoms with Crippen molar-refractivity contribution >= 4 is 33.8 Å². The number of hydrogen-bond donors (Lipinski definition) is 3. The molecule has 3 rings (SSSR count). The number of amides is 1. The fourth-order valence-electron chi connectivity index (χ4n) is 2.30. The molecule has 1 aromatic heterocycles. The zero-order valence-corrected chi connectivity index (χ0v) is 16.0. The number of benzene rings is 2. The highest BCUT2D eigenvalue weighted by atomic mass is 32.2. The summed E-state index contributed by atoms with van der Waals surface area (Å²) >= 11 is 5.01. The third kappa shape index (κ3) is 4.41. The third-order valence-electron chi connectivity index (χ3n) is 3.83. The molecule has 0 aliphatic rings. The molecule has 140 valence electrons. The van der Waals surface area contributed by atoms with Gasteiger partial charge in [0.25, 0.3) is 15.9 Å². The number of rotatable bonds is 6. The summed E-state index contributed by atoms with van der Waals surface area (Å²) in [6.45, 7) is 0.193. The van der Waals surface area contributed by atoms with Crippen LogP contribution in [0, 0.1) is 4.77 Å². The van der Waals surface area contributed by atoms with E-state index in [-0.39, 0.29) is 17.3 Å². The first-order chi connectivity index (χ1) is 12.9. The van der Waals surface area contributed by atoms with Gasteiger partial charge in [0, 0.05) is 18.3 Å². The first-order valence-corrected chi connectivity index (χ1v) is 9.82. The van der Waals surface area contributed by atoms with Gasteiger partial charge in [-0.2, -0.15) is 5.10 Å². The second kappa shape index (κ2) is 7.72. The summed E-state index contributed by atoms with van der Waals surface area (Å²) in [5.41, 5.74) is 0.803. The average molecular weight is 403 g/mol. The summed E-state index contributed by atoms with van der Waals surface area (Å²) < 4.78 is 29.4. The third-order valence-corrected chi connectivity index (χ3v) is 5.59. The Balaban J connectivity index is 1.68. The molecule has 27 heavy (non-hydrogen) atoms. The summed E-state index contributed by atoms with van der Waals surface area (Å²) in [5, 5.41) is 9.36. The Hall–Kier alpha value is -2.98. The van der Waals surface area contributed by atoms with E-state index in [0.717, 1.165) is 0 Å². The van der Waals surface area contributed by atoms with Gasteiger partial charge in [-0.05, 0) is 48.6 Å². The Morgan fingerprint density at radius 2 is 1.81 bits per heavy atom. The highest BCUT2D eigenvalue weighted by molar-refractivity contribution is 7.92. The van der Waals surface area contributed by atoms with Gasteiger partial charge in [-0.1, -0.05) is 18.2 Å². The topological polar surface area (TPSA) is 109 Å². The zero-order chi connectivity index (χ0) is 19.4. The van der Waals surface area contributed by atoms with E-state index in [2.05, 4.69) is 20.2 Å². The van der Waals surface area contributed by atoms with Gasteiger partial charge in [-0.25, -0.2) is 8.42 Å². The molecule has 0 saturated heterocycles. The number of carbonyl (C=O) groups is 1. The minimum Gasteiger partial charge on any atom is -0.345 e. The molecule has 1 heterocycles. The highest BCUT2D eigenvalue weighted by Gasteiger charge is 2.15. The first-order valence-electron chi connectivity index (χ1n) is 7.93. The predicted octanol–water partition coefficient (Wildman–Crippen LogP) is 2.21. The Labute approximate surface area is 161 Å². The van der Waals surface area contributed by atoms with Crippen molar-refractivity contribution in [1.29, 1.82) is 0 Å². The van der Waals surface area contributed by atoms with E-state index < -0.39 is 10.0 Å². The SMILES string of the molecule is Cn1c(CNC(=O)c2ccc(S(=O)(=O)Nc3ccccc3)cc2)n[nH]c1=S. The molecule has 3 aromatic rings. The van der Waals surface area contributed by atoms with Gasteiger partial charge in [0.15, 0.2) is 10.6 Å². The maximum atomic E-state index is 12.4. The second-order valence-electron chi connectivity index (χ2n) is 5.68. The fourth-order valence-corrected chi connectivity index (χ4v) is 3.51. The van der Waals surface area contributed by atoms with Crippen molar-refractivity contribution in [2.45, 2.75) is 11.4 Å². The Bertz CT molecular complexity index is 1100. The number of hydrogen-bond acceptors (Lipinski definition) is 5. The van der Waals surface area contributed by atoms with Crippen LogP contribution in [0.25, 0.3) is 0 Å². The average Bonchev–Trinajstić information content (AvgIpc) is 2.98. The molecular formula is C17H17N5O3S2. The smallest absolute Gasteiger partial charge is 0.261 e. The number of nitrogens with zero attached hydrogens (tertiary/aromatic N) is 2. The lowest BCUT2D eigenvalue weighted by Gasteiger charge is -2.09. The van der Waals surface area contributed by atoms with E-state index in [1.165, 1.54) is 24.3 Å². The molecule has 10 heteroatoms. The summed E-state index contributed by atoms with van der Waals surface area (Å²) in [6, 6.07) is 14.3. The number of sulfonamides is 1. The number of aromatic nitrogens is 3. The first kappa shape index (κ1) is 18.8. The molecule has 8 nitrogen and oxygen atoms in total. The van der Waals surface area contributed by atoms with Crippen LogP contribution in [0.2, 0.25) is 0 Å².